The molecule has 182 valence electrons. The Hall–Kier alpha value is -1.46. The smallest absolute Gasteiger partial charge is 0.345 e. The van der Waals surface area contributed by atoms with Crippen LogP contribution in [0.5, 0.6) is 5.75 Å². The van der Waals surface area contributed by atoms with Crippen molar-refractivity contribution in [2.24, 2.45) is 0 Å². The Morgan fingerprint density at radius 1 is 1.00 bits per heavy atom. The van der Waals surface area contributed by atoms with Crippen LogP contribution in [0.2, 0.25) is 0 Å². The van der Waals surface area contributed by atoms with Crippen molar-refractivity contribution >= 4 is 25.9 Å². The van der Waals surface area contributed by atoms with Crippen LogP contribution in [0.4, 0.5) is 5.69 Å². The number of fused-ring (bicyclic) bond motifs is 1. The minimum Gasteiger partial charge on any atom is -0.455 e. The SMILES string of the molecule is CCOP(=O)(OCC)C(c1ccccc1)C1(S)Nc2cc(C(C)(C)C)cc(C(C)(C)C)c2O1. The zero-order valence-electron chi connectivity index (χ0n) is 21.1. The summed E-state index contributed by atoms with van der Waals surface area (Å²) in [5, 5.41) is 2.13. The van der Waals surface area contributed by atoms with Gasteiger partial charge in [-0.2, -0.15) is 0 Å². The molecule has 0 bridgehead atoms. The highest BCUT2D eigenvalue weighted by Gasteiger charge is 2.55. The van der Waals surface area contributed by atoms with Gasteiger partial charge in [0.15, 0.2) is 11.4 Å². The second-order valence-electron chi connectivity index (χ2n) is 10.5. The first-order valence-corrected chi connectivity index (χ1v) is 13.6. The fraction of sp³-hybridized carbons (Fsp3) is 0.538. The van der Waals surface area contributed by atoms with Crippen molar-refractivity contribution in [3.63, 3.8) is 0 Å². The van der Waals surface area contributed by atoms with Crippen LogP contribution in [0.25, 0.3) is 0 Å². The van der Waals surface area contributed by atoms with Crippen LogP contribution in [-0.2, 0) is 24.4 Å². The molecule has 0 fully saturated rings. The van der Waals surface area contributed by atoms with E-state index in [0.29, 0.717) is 0 Å². The fourth-order valence-corrected chi connectivity index (χ4v) is 7.09. The van der Waals surface area contributed by atoms with Crippen LogP contribution < -0.4 is 10.1 Å². The Bertz CT molecular complexity index is 1020. The lowest BCUT2D eigenvalue weighted by Gasteiger charge is -2.37. The largest absolute Gasteiger partial charge is 0.455 e. The van der Waals surface area contributed by atoms with Gasteiger partial charge < -0.3 is 19.1 Å². The standard InChI is InChI=1S/C26H38NO4PS/c1-9-29-32(28,30-10-2)23(18-14-12-11-13-15-18)26(33)27-21-17-19(24(3,4)5)16-20(22(21)31-26)25(6,7)8/h11-17,23,27,33H,9-10H2,1-8H3. The molecule has 5 nitrogen and oxygen atoms in total. The van der Waals surface area contributed by atoms with E-state index in [4.69, 9.17) is 26.4 Å². The second kappa shape index (κ2) is 9.30. The topological polar surface area (TPSA) is 56.8 Å². The maximum Gasteiger partial charge on any atom is 0.345 e. The van der Waals surface area contributed by atoms with E-state index in [0.717, 1.165) is 22.6 Å². The third-order valence-electron chi connectivity index (χ3n) is 5.75. The van der Waals surface area contributed by atoms with Crippen molar-refractivity contribution < 1.29 is 18.3 Å². The first-order valence-electron chi connectivity index (χ1n) is 11.6. The number of thiol groups is 1. The van der Waals surface area contributed by atoms with E-state index < -0.39 is 18.3 Å². The molecule has 0 radical (unpaired) electrons. The van der Waals surface area contributed by atoms with Gasteiger partial charge in [-0.05, 0) is 41.9 Å². The quantitative estimate of drug-likeness (QED) is 0.307. The normalized spacial score (nSPS) is 19.5. The van der Waals surface area contributed by atoms with E-state index in [2.05, 4.69) is 59.0 Å². The lowest BCUT2D eigenvalue weighted by Crippen LogP contribution is -2.41. The average molecular weight is 492 g/mol. The van der Waals surface area contributed by atoms with Gasteiger partial charge in [0.1, 0.15) is 0 Å². The molecule has 2 aromatic carbocycles. The van der Waals surface area contributed by atoms with E-state index in [1.807, 2.05) is 44.2 Å². The summed E-state index contributed by atoms with van der Waals surface area (Å²) in [4.78, 5) is 0. The number of nitrogens with one attached hydrogen (secondary N) is 1. The van der Waals surface area contributed by atoms with E-state index in [1.165, 1.54) is 5.56 Å². The summed E-state index contributed by atoms with van der Waals surface area (Å²) >= 11 is 5.00. The fourth-order valence-electron chi connectivity index (χ4n) is 4.12. The molecule has 0 saturated carbocycles. The molecule has 0 aliphatic carbocycles. The van der Waals surface area contributed by atoms with Gasteiger partial charge in [-0.15, -0.1) is 12.6 Å². The molecule has 2 unspecified atom stereocenters. The highest BCUT2D eigenvalue weighted by atomic mass is 32.1. The van der Waals surface area contributed by atoms with Gasteiger partial charge >= 0.3 is 7.60 Å². The molecule has 1 N–H and O–H groups in total. The van der Waals surface area contributed by atoms with Gasteiger partial charge in [0, 0.05) is 5.56 Å². The number of ether oxygens (including phenoxy) is 1. The van der Waals surface area contributed by atoms with Crippen molar-refractivity contribution in [1.29, 1.82) is 0 Å². The van der Waals surface area contributed by atoms with E-state index in [9.17, 15) is 4.57 Å². The van der Waals surface area contributed by atoms with Gasteiger partial charge in [-0.1, -0.05) is 77.9 Å². The molecule has 3 rings (SSSR count). The number of rotatable bonds is 7. The van der Waals surface area contributed by atoms with Gasteiger partial charge in [-0.3, -0.25) is 4.57 Å². The molecule has 1 aliphatic rings. The number of anilines is 1. The van der Waals surface area contributed by atoms with Crippen LogP contribution in [0.3, 0.4) is 0 Å². The molecule has 0 amide bonds. The molecule has 7 heteroatoms. The van der Waals surface area contributed by atoms with Gasteiger partial charge in [0.25, 0.3) is 0 Å². The summed E-state index contributed by atoms with van der Waals surface area (Å²) < 4.78 is 32.4. The third kappa shape index (κ3) is 5.30. The highest BCUT2D eigenvalue weighted by molar-refractivity contribution is 7.82. The van der Waals surface area contributed by atoms with Gasteiger partial charge in [0.05, 0.1) is 18.9 Å². The first kappa shape index (κ1) is 26.2. The molecule has 0 aromatic heterocycles. The van der Waals surface area contributed by atoms with Crippen molar-refractivity contribution in [3.05, 3.63) is 59.2 Å². The molecule has 1 aliphatic heterocycles. The van der Waals surface area contributed by atoms with E-state index >= 15 is 0 Å². The number of benzene rings is 2. The predicted molar refractivity (Wildman–Crippen MR) is 140 cm³/mol. The lowest BCUT2D eigenvalue weighted by molar-refractivity contribution is 0.162. The van der Waals surface area contributed by atoms with E-state index in [1.54, 1.807) is 0 Å². The number of hydrogen-bond donors (Lipinski definition) is 2. The lowest BCUT2D eigenvalue weighted by atomic mass is 9.80. The molecule has 0 saturated heterocycles. The maximum atomic E-state index is 14.2. The summed E-state index contributed by atoms with van der Waals surface area (Å²) in [6.45, 7) is 17.2. The van der Waals surface area contributed by atoms with E-state index in [-0.39, 0.29) is 24.0 Å². The summed E-state index contributed by atoms with van der Waals surface area (Å²) in [6, 6.07) is 13.9. The third-order valence-corrected chi connectivity index (χ3v) is 8.95. The Kier molecular flexibility index (Phi) is 7.37. The first-order chi connectivity index (χ1) is 15.2. The van der Waals surface area contributed by atoms with Crippen molar-refractivity contribution in [3.8, 4) is 5.75 Å². The Balaban J connectivity index is 2.21. The van der Waals surface area contributed by atoms with Crippen LogP contribution in [0.15, 0.2) is 42.5 Å². The van der Waals surface area contributed by atoms with Crippen LogP contribution in [-0.4, -0.2) is 18.3 Å². The molecule has 0 spiro atoms. The molecule has 1 heterocycles. The maximum absolute atomic E-state index is 14.2. The van der Waals surface area contributed by atoms with Crippen LogP contribution in [0, 0.1) is 0 Å². The Morgan fingerprint density at radius 2 is 1.58 bits per heavy atom. The monoisotopic (exact) mass is 491 g/mol. The van der Waals surface area contributed by atoms with Gasteiger partial charge in [-0.25, -0.2) is 0 Å². The Morgan fingerprint density at radius 3 is 2.06 bits per heavy atom. The summed E-state index contributed by atoms with van der Waals surface area (Å²) in [6.07, 6.45) is 0. The molecule has 2 atom stereocenters. The second-order valence-corrected chi connectivity index (χ2v) is 13.3. The molecular formula is C26H38NO4PS. The summed E-state index contributed by atoms with van der Waals surface area (Å²) in [7, 11) is -3.66. The molecular weight excluding hydrogens is 453 g/mol. The van der Waals surface area contributed by atoms with Crippen LogP contribution in [0.1, 0.15) is 77.7 Å². The predicted octanol–water partition coefficient (Wildman–Crippen LogP) is 7.68. The highest BCUT2D eigenvalue weighted by Crippen LogP contribution is 2.68. The van der Waals surface area contributed by atoms with Crippen molar-refractivity contribution in [2.45, 2.75) is 76.9 Å². The van der Waals surface area contributed by atoms with Crippen molar-refractivity contribution in [1.82, 2.24) is 0 Å². The zero-order chi connectivity index (χ0) is 24.7. The summed E-state index contributed by atoms with van der Waals surface area (Å²) in [5.74, 6) is 0.728. The average Bonchev–Trinajstić information content (AvgIpc) is 3.03. The zero-order valence-corrected chi connectivity index (χ0v) is 22.8. The summed E-state index contributed by atoms with van der Waals surface area (Å²) in [5.41, 5.74) is 2.85. The molecule has 33 heavy (non-hydrogen) atoms. The minimum absolute atomic E-state index is 0.0523. The number of hydrogen-bond acceptors (Lipinski definition) is 6. The Labute approximate surface area is 204 Å². The van der Waals surface area contributed by atoms with Crippen LogP contribution >= 0.6 is 20.2 Å². The van der Waals surface area contributed by atoms with Crippen molar-refractivity contribution in [2.75, 3.05) is 18.5 Å². The minimum atomic E-state index is -3.66. The molecule has 2 aromatic rings. The van der Waals surface area contributed by atoms with Gasteiger partial charge in [0.2, 0.25) is 5.06 Å².